The highest BCUT2D eigenvalue weighted by Crippen LogP contribution is 2.35. The van der Waals surface area contributed by atoms with Crippen molar-refractivity contribution in [1.82, 2.24) is 9.88 Å². The molecule has 2 amide bonds. The predicted molar refractivity (Wildman–Crippen MR) is 107 cm³/mol. The number of carbonyl (C=O) groups excluding carboxylic acids is 2. The third-order valence-electron chi connectivity index (χ3n) is 6.27. The molecule has 1 aromatic carbocycles. The molecule has 2 fully saturated rings. The summed E-state index contributed by atoms with van der Waals surface area (Å²) in [6, 6.07) is 8.28. The molecule has 27 heavy (non-hydrogen) atoms. The van der Waals surface area contributed by atoms with Crippen molar-refractivity contribution < 1.29 is 14.5 Å². The SMILES string of the molecule is CCC1(C)CC(=O)N(C[NH+]2CCC[C@@H](c3nc4ccccc4s3)C2)C(=O)C1. The molecule has 2 aliphatic heterocycles. The average Bonchev–Trinajstić information content (AvgIpc) is 3.09. The summed E-state index contributed by atoms with van der Waals surface area (Å²) in [5.74, 6) is 0.428. The number of nitrogens with zero attached hydrogens (tertiary/aromatic N) is 2. The lowest BCUT2D eigenvalue weighted by molar-refractivity contribution is -0.913. The minimum absolute atomic E-state index is 0.00482. The Hall–Kier alpha value is -1.79. The first-order valence-electron chi connectivity index (χ1n) is 10.00. The minimum atomic E-state index is -0.161. The van der Waals surface area contributed by atoms with Crippen LogP contribution in [0.2, 0.25) is 0 Å². The lowest BCUT2D eigenvalue weighted by Crippen LogP contribution is -3.15. The second-order valence-electron chi connectivity index (χ2n) is 8.45. The molecule has 3 heterocycles. The molecule has 0 bridgehead atoms. The van der Waals surface area contributed by atoms with Crippen LogP contribution in [-0.2, 0) is 9.59 Å². The number of para-hydroxylation sites is 1. The summed E-state index contributed by atoms with van der Waals surface area (Å²) in [7, 11) is 0. The first kappa shape index (κ1) is 18.6. The van der Waals surface area contributed by atoms with E-state index in [1.165, 1.54) is 19.5 Å². The summed E-state index contributed by atoms with van der Waals surface area (Å²) in [6.07, 6.45) is 4.10. The molecule has 2 atom stereocenters. The zero-order valence-corrected chi connectivity index (χ0v) is 17.0. The Kier molecular flexibility index (Phi) is 5.03. The van der Waals surface area contributed by atoms with E-state index in [0.29, 0.717) is 25.4 Å². The van der Waals surface area contributed by atoms with Crippen LogP contribution in [0.5, 0.6) is 0 Å². The number of likely N-dealkylation sites (tertiary alicyclic amines) is 2. The van der Waals surface area contributed by atoms with E-state index in [-0.39, 0.29) is 17.2 Å². The van der Waals surface area contributed by atoms with Gasteiger partial charge in [-0.1, -0.05) is 26.0 Å². The van der Waals surface area contributed by atoms with Crippen molar-refractivity contribution in [2.75, 3.05) is 19.8 Å². The van der Waals surface area contributed by atoms with Gasteiger partial charge in [-0.05, 0) is 36.8 Å². The van der Waals surface area contributed by atoms with E-state index in [4.69, 9.17) is 4.98 Å². The number of amides is 2. The van der Waals surface area contributed by atoms with E-state index < -0.39 is 0 Å². The predicted octanol–water partition coefficient (Wildman–Crippen LogP) is 2.58. The summed E-state index contributed by atoms with van der Waals surface area (Å²) in [4.78, 5) is 32.9. The van der Waals surface area contributed by atoms with Crippen molar-refractivity contribution in [3.05, 3.63) is 29.3 Å². The fourth-order valence-corrected chi connectivity index (χ4v) is 5.44. The first-order valence-corrected chi connectivity index (χ1v) is 10.8. The minimum Gasteiger partial charge on any atom is -0.317 e. The monoisotopic (exact) mass is 386 g/mol. The largest absolute Gasteiger partial charge is 0.317 e. The Balaban J connectivity index is 1.44. The van der Waals surface area contributed by atoms with Crippen molar-refractivity contribution >= 4 is 33.4 Å². The van der Waals surface area contributed by atoms with Gasteiger partial charge in [-0.2, -0.15) is 0 Å². The molecule has 4 rings (SSSR count). The molecule has 2 aromatic rings. The van der Waals surface area contributed by atoms with Crippen molar-refractivity contribution in [2.24, 2.45) is 5.41 Å². The van der Waals surface area contributed by atoms with Crippen LogP contribution in [0.1, 0.15) is 56.9 Å². The lowest BCUT2D eigenvalue weighted by Gasteiger charge is -2.38. The van der Waals surface area contributed by atoms with Crippen LogP contribution in [0.4, 0.5) is 0 Å². The van der Waals surface area contributed by atoms with Gasteiger partial charge in [0.25, 0.3) is 0 Å². The number of piperidine rings is 2. The number of imide groups is 1. The number of aromatic nitrogens is 1. The lowest BCUT2D eigenvalue weighted by atomic mass is 9.77. The standard InChI is InChI=1S/C21H27N3O2S/c1-3-21(2)11-18(25)24(19(26)12-21)14-23-10-6-7-15(13-23)20-22-16-8-4-5-9-17(16)27-20/h4-5,8-9,15H,3,6-7,10-14H2,1-2H3/p+1/t15-/m1/s1. The molecule has 1 unspecified atom stereocenters. The van der Waals surface area contributed by atoms with Gasteiger partial charge in [0.15, 0.2) is 6.67 Å². The van der Waals surface area contributed by atoms with E-state index in [2.05, 4.69) is 32.0 Å². The zero-order chi connectivity index (χ0) is 19.0. The summed E-state index contributed by atoms with van der Waals surface area (Å²) in [5, 5.41) is 1.20. The van der Waals surface area contributed by atoms with E-state index in [1.807, 2.05) is 6.07 Å². The van der Waals surface area contributed by atoms with Crippen LogP contribution < -0.4 is 4.90 Å². The van der Waals surface area contributed by atoms with E-state index in [9.17, 15) is 9.59 Å². The molecule has 0 spiro atoms. The van der Waals surface area contributed by atoms with Gasteiger partial charge in [0.05, 0.1) is 29.2 Å². The molecule has 0 aliphatic carbocycles. The van der Waals surface area contributed by atoms with Crippen molar-refractivity contribution in [1.29, 1.82) is 0 Å². The van der Waals surface area contributed by atoms with Gasteiger partial charge < -0.3 is 4.90 Å². The molecule has 1 aromatic heterocycles. The number of nitrogens with one attached hydrogen (secondary N) is 1. The van der Waals surface area contributed by atoms with Crippen LogP contribution >= 0.6 is 11.3 Å². The molecule has 0 saturated carbocycles. The molecule has 5 nitrogen and oxygen atoms in total. The van der Waals surface area contributed by atoms with Crippen molar-refractivity contribution in [3.8, 4) is 0 Å². The van der Waals surface area contributed by atoms with Gasteiger partial charge in [-0.25, -0.2) is 9.88 Å². The van der Waals surface area contributed by atoms with Crippen LogP contribution in [0.3, 0.4) is 0 Å². The van der Waals surface area contributed by atoms with Gasteiger partial charge in [-0.15, -0.1) is 11.3 Å². The van der Waals surface area contributed by atoms with Gasteiger partial charge in [0.2, 0.25) is 11.8 Å². The number of benzene rings is 1. The number of fused-ring (bicyclic) bond motifs is 1. The van der Waals surface area contributed by atoms with E-state index >= 15 is 0 Å². The van der Waals surface area contributed by atoms with Gasteiger partial charge >= 0.3 is 0 Å². The Bertz CT molecular complexity index is 811. The molecule has 144 valence electrons. The maximum Gasteiger partial charge on any atom is 0.234 e. The maximum absolute atomic E-state index is 12.6. The van der Waals surface area contributed by atoms with Crippen LogP contribution in [0.15, 0.2) is 24.3 Å². The molecule has 2 saturated heterocycles. The van der Waals surface area contributed by atoms with Gasteiger partial charge in [0.1, 0.15) is 5.01 Å². The van der Waals surface area contributed by atoms with Crippen LogP contribution in [-0.4, -0.2) is 41.5 Å². The first-order chi connectivity index (χ1) is 13.0. The van der Waals surface area contributed by atoms with E-state index in [0.717, 1.165) is 37.9 Å². The highest BCUT2D eigenvalue weighted by Gasteiger charge is 2.41. The molecule has 6 heteroatoms. The number of quaternary nitrogens is 1. The number of carbonyl (C=O) groups is 2. The molecular formula is C21H28N3O2S+. The molecule has 2 aliphatic rings. The maximum atomic E-state index is 12.6. The van der Waals surface area contributed by atoms with Gasteiger partial charge in [0, 0.05) is 12.8 Å². The molecular weight excluding hydrogens is 358 g/mol. The fraction of sp³-hybridized carbons (Fsp3) is 0.571. The fourth-order valence-electron chi connectivity index (χ4n) is 4.34. The van der Waals surface area contributed by atoms with Crippen molar-refractivity contribution in [2.45, 2.75) is 51.9 Å². The van der Waals surface area contributed by atoms with E-state index in [1.54, 1.807) is 11.3 Å². The molecule has 1 N–H and O–H groups in total. The van der Waals surface area contributed by atoms with Crippen molar-refractivity contribution in [3.63, 3.8) is 0 Å². The highest BCUT2D eigenvalue weighted by molar-refractivity contribution is 7.18. The Morgan fingerprint density at radius 1 is 1.26 bits per heavy atom. The second kappa shape index (κ2) is 7.32. The van der Waals surface area contributed by atoms with Crippen LogP contribution in [0.25, 0.3) is 10.2 Å². The third kappa shape index (κ3) is 3.78. The summed E-state index contributed by atoms with van der Waals surface area (Å²) in [5.41, 5.74) is 0.913. The quantitative estimate of drug-likeness (QED) is 0.822. The molecule has 0 radical (unpaired) electrons. The summed E-state index contributed by atoms with van der Waals surface area (Å²) >= 11 is 1.78. The number of thiazole rings is 1. The number of rotatable bonds is 4. The van der Waals surface area contributed by atoms with Gasteiger partial charge in [-0.3, -0.25) is 9.59 Å². The smallest absolute Gasteiger partial charge is 0.234 e. The highest BCUT2D eigenvalue weighted by atomic mass is 32.1. The Morgan fingerprint density at radius 3 is 2.70 bits per heavy atom. The average molecular weight is 387 g/mol. The number of hydrogen-bond acceptors (Lipinski definition) is 4. The summed E-state index contributed by atoms with van der Waals surface area (Å²) < 4.78 is 1.24. The third-order valence-corrected chi connectivity index (χ3v) is 7.47. The Morgan fingerprint density at radius 2 is 2.00 bits per heavy atom. The van der Waals surface area contributed by atoms with Crippen LogP contribution in [0, 0.1) is 5.41 Å². The normalized spacial score (nSPS) is 25.9. The number of hydrogen-bond donors (Lipinski definition) is 1. The Labute approximate surface area is 164 Å². The summed E-state index contributed by atoms with van der Waals surface area (Å²) in [6.45, 7) is 6.59. The zero-order valence-electron chi connectivity index (χ0n) is 16.2. The topological polar surface area (TPSA) is 54.7 Å². The second-order valence-corrected chi connectivity index (χ2v) is 9.52.